The first-order valence-corrected chi connectivity index (χ1v) is 7.74. The highest BCUT2D eigenvalue weighted by Crippen LogP contribution is 2.23. The summed E-state index contributed by atoms with van der Waals surface area (Å²) in [5, 5.41) is 4.49. The topological polar surface area (TPSA) is 64.2 Å². The lowest BCUT2D eigenvalue weighted by atomic mass is 10.0. The highest BCUT2D eigenvalue weighted by Gasteiger charge is 2.26. The lowest BCUT2D eigenvalue weighted by Gasteiger charge is -2.26. The van der Waals surface area contributed by atoms with Gasteiger partial charge in [-0.15, -0.1) is 0 Å². The molecule has 2 N–H and O–H groups in total. The first kappa shape index (κ1) is 14.8. The first-order chi connectivity index (χ1) is 10.6. The van der Waals surface area contributed by atoms with E-state index in [0.717, 1.165) is 37.3 Å². The van der Waals surface area contributed by atoms with Gasteiger partial charge in [-0.1, -0.05) is 36.8 Å². The largest absolute Gasteiger partial charge is 0.364 e. The van der Waals surface area contributed by atoms with Crippen molar-refractivity contribution in [1.82, 2.24) is 14.7 Å². The molecule has 5 nitrogen and oxygen atoms in total. The van der Waals surface area contributed by atoms with E-state index < -0.39 is 5.91 Å². The molecule has 1 amide bonds. The fourth-order valence-corrected chi connectivity index (χ4v) is 3.01. The molecule has 116 valence electrons. The Hall–Kier alpha value is -2.14. The van der Waals surface area contributed by atoms with Gasteiger partial charge in [0.15, 0.2) is 5.69 Å². The van der Waals surface area contributed by atoms with Crippen LogP contribution in [0.1, 0.15) is 39.8 Å². The molecule has 0 unspecified atom stereocenters. The molecule has 0 fully saturated rings. The molecule has 0 atom stereocenters. The third-order valence-corrected chi connectivity index (χ3v) is 4.35. The number of hydrogen-bond donors (Lipinski definition) is 1. The molecule has 5 heteroatoms. The smallest absolute Gasteiger partial charge is 0.269 e. The van der Waals surface area contributed by atoms with Gasteiger partial charge in [-0.05, 0) is 19.0 Å². The van der Waals surface area contributed by atoms with Crippen molar-refractivity contribution in [3.05, 3.63) is 52.3 Å². The molecule has 1 aromatic heterocycles. The van der Waals surface area contributed by atoms with Crippen LogP contribution in [0.4, 0.5) is 0 Å². The number of amides is 1. The van der Waals surface area contributed by atoms with Crippen molar-refractivity contribution in [1.29, 1.82) is 0 Å². The van der Waals surface area contributed by atoms with Crippen LogP contribution in [-0.4, -0.2) is 33.7 Å². The number of carbonyl (C=O) groups excluding carboxylic acids is 1. The van der Waals surface area contributed by atoms with E-state index >= 15 is 0 Å². The lowest BCUT2D eigenvalue weighted by Crippen LogP contribution is -2.31. The molecule has 3 rings (SSSR count). The van der Waals surface area contributed by atoms with E-state index in [-0.39, 0.29) is 0 Å². The number of rotatable bonds is 4. The van der Waals surface area contributed by atoms with Crippen molar-refractivity contribution in [2.24, 2.45) is 5.73 Å². The number of carbonyl (C=O) groups is 1. The van der Waals surface area contributed by atoms with Gasteiger partial charge in [0.25, 0.3) is 5.91 Å². The Morgan fingerprint density at radius 3 is 2.68 bits per heavy atom. The van der Waals surface area contributed by atoms with E-state index in [0.29, 0.717) is 12.2 Å². The Bertz CT molecular complexity index is 687. The zero-order valence-corrected chi connectivity index (χ0v) is 13.2. The summed E-state index contributed by atoms with van der Waals surface area (Å²) in [6, 6.07) is 8.40. The predicted molar refractivity (Wildman–Crippen MR) is 85.7 cm³/mol. The van der Waals surface area contributed by atoms with Crippen molar-refractivity contribution >= 4 is 5.91 Å². The number of nitrogens with two attached hydrogens (primary N) is 1. The molecule has 0 bridgehead atoms. The molecule has 2 heterocycles. The zero-order valence-electron chi connectivity index (χ0n) is 13.2. The number of hydrogen-bond acceptors (Lipinski definition) is 3. The summed E-state index contributed by atoms with van der Waals surface area (Å²) in [6.07, 6.45) is 0.912. The van der Waals surface area contributed by atoms with E-state index in [1.54, 1.807) is 0 Å². The van der Waals surface area contributed by atoms with E-state index in [9.17, 15) is 4.79 Å². The fraction of sp³-hybridized carbons (Fsp3) is 0.412. The number of fused-ring (bicyclic) bond motifs is 1. The summed E-state index contributed by atoms with van der Waals surface area (Å²) < 4.78 is 1.95. The molecule has 2 aromatic rings. The molecule has 22 heavy (non-hydrogen) atoms. The number of aromatic nitrogens is 2. The van der Waals surface area contributed by atoms with Crippen molar-refractivity contribution in [2.75, 3.05) is 13.1 Å². The van der Waals surface area contributed by atoms with Gasteiger partial charge < -0.3 is 5.73 Å². The van der Waals surface area contributed by atoms with Crippen molar-refractivity contribution in [3.8, 4) is 0 Å². The molecule has 0 saturated heterocycles. The third-order valence-electron chi connectivity index (χ3n) is 4.35. The summed E-state index contributed by atoms with van der Waals surface area (Å²) in [6.45, 7) is 7.62. The Balaban J connectivity index is 1.95. The average molecular weight is 298 g/mol. The quantitative estimate of drug-likeness (QED) is 0.934. The second-order valence-electron chi connectivity index (χ2n) is 5.90. The lowest BCUT2D eigenvalue weighted by molar-refractivity contribution is 0.0992. The van der Waals surface area contributed by atoms with Crippen LogP contribution in [0.15, 0.2) is 24.3 Å². The predicted octanol–water partition coefficient (Wildman–Crippen LogP) is 1.72. The molecular weight excluding hydrogens is 276 g/mol. The van der Waals surface area contributed by atoms with Gasteiger partial charge in [-0.2, -0.15) is 5.10 Å². The number of aryl methyl sites for hydroxylation is 1. The highest BCUT2D eigenvalue weighted by molar-refractivity contribution is 5.92. The summed E-state index contributed by atoms with van der Waals surface area (Å²) in [5.41, 5.74) is 10.5. The molecule has 1 aliphatic rings. The van der Waals surface area contributed by atoms with Crippen molar-refractivity contribution in [2.45, 2.75) is 33.4 Å². The normalized spacial score (nSPS) is 14.8. The number of primary amides is 1. The minimum atomic E-state index is -0.433. The second kappa shape index (κ2) is 5.93. The third kappa shape index (κ3) is 2.76. The van der Waals surface area contributed by atoms with Crippen LogP contribution in [0.5, 0.6) is 0 Å². The summed E-state index contributed by atoms with van der Waals surface area (Å²) in [4.78, 5) is 14.0. The van der Waals surface area contributed by atoms with Gasteiger partial charge in [0.05, 0.1) is 6.54 Å². The first-order valence-electron chi connectivity index (χ1n) is 7.74. The molecule has 1 aromatic carbocycles. The standard InChI is InChI=1S/C17H22N4O/c1-3-20-9-8-15-14(11-20)16(17(18)22)19-21(15)10-13-6-4-12(2)5-7-13/h4-7H,3,8-11H2,1-2H3,(H2,18,22). The zero-order chi connectivity index (χ0) is 15.7. The molecule has 0 saturated carbocycles. The Labute approximate surface area is 130 Å². The number of benzene rings is 1. The van der Waals surface area contributed by atoms with Crippen LogP contribution in [-0.2, 0) is 19.5 Å². The Morgan fingerprint density at radius 2 is 2.05 bits per heavy atom. The van der Waals surface area contributed by atoms with Crippen LogP contribution in [0, 0.1) is 6.92 Å². The van der Waals surface area contributed by atoms with Crippen LogP contribution >= 0.6 is 0 Å². The van der Waals surface area contributed by atoms with E-state index in [1.165, 1.54) is 11.1 Å². The van der Waals surface area contributed by atoms with Gasteiger partial charge in [-0.25, -0.2) is 0 Å². The van der Waals surface area contributed by atoms with Crippen molar-refractivity contribution in [3.63, 3.8) is 0 Å². The monoisotopic (exact) mass is 298 g/mol. The van der Waals surface area contributed by atoms with Gasteiger partial charge in [0, 0.05) is 30.8 Å². The Morgan fingerprint density at radius 1 is 1.32 bits per heavy atom. The summed E-state index contributed by atoms with van der Waals surface area (Å²) in [5.74, 6) is -0.433. The van der Waals surface area contributed by atoms with Crippen LogP contribution in [0.25, 0.3) is 0 Å². The fourth-order valence-electron chi connectivity index (χ4n) is 3.01. The maximum Gasteiger partial charge on any atom is 0.269 e. The van der Waals surface area contributed by atoms with Gasteiger partial charge >= 0.3 is 0 Å². The van der Waals surface area contributed by atoms with E-state index in [4.69, 9.17) is 5.73 Å². The maximum atomic E-state index is 11.7. The van der Waals surface area contributed by atoms with E-state index in [1.807, 2.05) is 4.68 Å². The van der Waals surface area contributed by atoms with Gasteiger partial charge in [-0.3, -0.25) is 14.4 Å². The molecule has 1 aliphatic heterocycles. The number of nitrogens with zero attached hydrogens (tertiary/aromatic N) is 3. The van der Waals surface area contributed by atoms with Crippen molar-refractivity contribution < 1.29 is 4.79 Å². The maximum absolute atomic E-state index is 11.7. The summed E-state index contributed by atoms with van der Waals surface area (Å²) in [7, 11) is 0. The van der Waals surface area contributed by atoms with Gasteiger partial charge in [0.2, 0.25) is 0 Å². The van der Waals surface area contributed by atoms with E-state index in [2.05, 4.69) is 48.1 Å². The SMILES string of the molecule is CCN1CCc2c(c(C(N)=O)nn2Cc2ccc(C)cc2)C1. The second-order valence-corrected chi connectivity index (χ2v) is 5.90. The molecule has 0 radical (unpaired) electrons. The average Bonchev–Trinajstić information content (AvgIpc) is 2.87. The molecule has 0 spiro atoms. The van der Waals surface area contributed by atoms with Crippen LogP contribution in [0.3, 0.4) is 0 Å². The minimum absolute atomic E-state index is 0.431. The molecular formula is C17H22N4O. The van der Waals surface area contributed by atoms with Crippen LogP contribution in [0.2, 0.25) is 0 Å². The van der Waals surface area contributed by atoms with Crippen LogP contribution < -0.4 is 5.73 Å². The highest BCUT2D eigenvalue weighted by atomic mass is 16.1. The Kier molecular flexibility index (Phi) is 3.98. The minimum Gasteiger partial charge on any atom is -0.364 e. The molecule has 0 aliphatic carbocycles. The van der Waals surface area contributed by atoms with Gasteiger partial charge in [0.1, 0.15) is 0 Å². The number of likely N-dealkylation sites (N-methyl/N-ethyl adjacent to an activating group) is 1. The summed E-state index contributed by atoms with van der Waals surface area (Å²) >= 11 is 0.